The fourth-order valence-corrected chi connectivity index (χ4v) is 1.88. The van der Waals surface area contributed by atoms with Crippen molar-refractivity contribution < 1.29 is 9.53 Å². The molecule has 0 saturated heterocycles. The minimum atomic E-state index is -0.00475. The Morgan fingerprint density at radius 3 is 2.84 bits per heavy atom. The van der Waals surface area contributed by atoms with E-state index in [4.69, 9.17) is 4.74 Å². The molecular weight excluding hydrogens is 242 g/mol. The van der Waals surface area contributed by atoms with E-state index in [1.165, 1.54) is 0 Å². The van der Waals surface area contributed by atoms with Gasteiger partial charge in [0, 0.05) is 19.3 Å². The highest BCUT2D eigenvalue weighted by Crippen LogP contribution is 2.10. The van der Waals surface area contributed by atoms with Crippen molar-refractivity contribution in [1.29, 1.82) is 0 Å². The van der Waals surface area contributed by atoms with E-state index >= 15 is 0 Å². The molecule has 0 fully saturated rings. The van der Waals surface area contributed by atoms with Gasteiger partial charge in [0.25, 0.3) is 0 Å². The van der Waals surface area contributed by atoms with E-state index in [9.17, 15) is 4.79 Å². The monoisotopic (exact) mass is 261 g/mol. The van der Waals surface area contributed by atoms with E-state index in [0.717, 1.165) is 30.7 Å². The third-order valence-electron chi connectivity index (χ3n) is 2.97. The van der Waals surface area contributed by atoms with Crippen molar-refractivity contribution in [2.45, 2.75) is 19.4 Å². The first-order valence-electron chi connectivity index (χ1n) is 6.45. The van der Waals surface area contributed by atoms with Gasteiger partial charge >= 0.3 is 0 Å². The number of benzene rings is 1. The van der Waals surface area contributed by atoms with Gasteiger partial charge in [0.1, 0.15) is 12.3 Å². The summed E-state index contributed by atoms with van der Waals surface area (Å²) in [5, 5.41) is 8.86. The van der Waals surface area contributed by atoms with Gasteiger partial charge in [-0.3, -0.25) is 9.80 Å². The summed E-state index contributed by atoms with van der Waals surface area (Å²) >= 11 is 0. The van der Waals surface area contributed by atoms with E-state index in [1.54, 1.807) is 12.1 Å². The molecule has 1 aliphatic heterocycles. The van der Waals surface area contributed by atoms with Crippen molar-refractivity contribution in [2.24, 2.45) is 5.10 Å². The van der Waals surface area contributed by atoms with Crippen LogP contribution in [0.4, 0.5) is 0 Å². The smallest absolute Gasteiger partial charge is 0.241 e. The molecule has 0 spiro atoms. The van der Waals surface area contributed by atoms with Gasteiger partial charge in [-0.15, -0.1) is 0 Å². The number of ether oxygens (including phenoxy) is 1. The van der Waals surface area contributed by atoms with Crippen LogP contribution in [0, 0.1) is 0 Å². The summed E-state index contributed by atoms with van der Waals surface area (Å²) in [6.07, 6.45) is 3.93. The SMILES string of the molecule is COc1ccc(CNC(=O)CN2CCCC=N2)cc1. The van der Waals surface area contributed by atoms with E-state index in [-0.39, 0.29) is 5.91 Å². The lowest BCUT2D eigenvalue weighted by Crippen LogP contribution is -2.35. The first kappa shape index (κ1) is 13.4. The van der Waals surface area contributed by atoms with Crippen molar-refractivity contribution >= 4 is 12.1 Å². The Bertz CT molecular complexity index is 443. The van der Waals surface area contributed by atoms with Gasteiger partial charge in [-0.25, -0.2) is 0 Å². The van der Waals surface area contributed by atoms with Gasteiger partial charge in [-0.1, -0.05) is 12.1 Å². The molecule has 5 nitrogen and oxygen atoms in total. The van der Waals surface area contributed by atoms with Gasteiger partial charge in [0.05, 0.1) is 7.11 Å². The van der Waals surface area contributed by atoms with Crippen molar-refractivity contribution in [3.63, 3.8) is 0 Å². The Balaban J connectivity index is 1.76. The average Bonchev–Trinajstić information content (AvgIpc) is 2.47. The van der Waals surface area contributed by atoms with Crippen molar-refractivity contribution in [2.75, 3.05) is 20.2 Å². The van der Waals surface area contributed by atoms with Crippen LogP contribution in [0.3, 0.4) is 0 Å². The van der Waals surface area contributed by atoms with E-state index in [2.05, 4.69) is 10.4 Å². The Labute approximate surface area is 113 Å². The molecule has 2 rings (SSSR count). The number of amides is 1. The number of nitrogens with zero attached hydrogens (tertiary/aromatic N) is 2. The second kappa shape index (κ2) is 6.78. The quantitative estimate of drug-likeness (QED) is 0.871. The summed E-state index contributed by atoms with van der Waals surface area (Å²) in [6.45, 7) is 1.71. The topological polar surface area (TPSA) is 53.9 Å². The number of methoxy groups -OCH3 is 1. The zero-order valence-corrected chi connectivity index (χ0v) is 11.1. The third kappa shape index (κ3) is 4.28. The molecule has 1 N–H and O–H groups in total. The largest absolute Gasteiger partial charge is 0.497 e. The summed E-state index contributed by atoms with van der Waals surface area (Å²) in [5.41, 5.74) is 1.05. The Morgan fingerprint density at radius 1 is 1.42 bits per heavy atom. The Hall–Kier alpha value is -2.04. The zero-order chi connectivity index (χ0) is 13.5. The molecule has 0 unspecified atom stereocenters. The van der Waals surface area contributed by atoms with Crippen LogP contribution in [-0.4, -0.2) is 37.3 Å². The normalized spacial score (nSPS) is 14.3. The number of hydrogen-bond donors (Lipinski definition) is 1. The van der Waals surface area contributed by atoms with Crippen LogP contribution in [0.15, 0.2) is 29.4 Å². The lowest BCUT2D eigenvalue weighted by molar-refractivity contribution is -0.122. The molecule has 0 saturated carbocycles. The average molecular weight is 261 g/mol. The number of rotatable bonds is 5. The number of carbonyl (C=O) groups is 1. The number of hydrogen-bond acceptors (Lipinski definition) is 4. The molecule has 0 bridgehead atoms. The summed E-state index contributed by atoms with van der Waals surface area (Å²) < 4.78 is 5.09. The molecule has 0 radical (unpaired) electrons. The summed E-state index contributed by atoms with van der Waals surface area (Å²) in [5.74, 6) is 0.813. The summed E-state index contributed by atoms with van der Waals surface area (Å²) in [7, 11) is 1.63. The maximum absolute atomic E-state index is 11.8. The molecule has 0 atom stereocenters. The van der Waals surface area contributed by atoms with Crippen LogP contribution in [0.2, 0.25) is 0 Å². The maximum Gasteiger partial charge on any atom is 0.241 e. The lowest BCUT2D eigenvalue weighted by atomic mass is 10.2. The predicted molar refractivity (Wildman–Crippen MR) is 74.1 cm³/mol. The molecule has 1 amide bonds. The van der Waals surface area contributed by atoms with Crippen LogP contribution in [0.1, 0.15) is 18.4 Å². The molecular formula is C14H19N3O2. The third-order valence-corrected chi connectivity index (χ3v) is 2.97. The van der Waals surface area contributed by atoms with Crippen molar-refractivity contribution in [3.05, 3.63) is 29.8 Å². The fourth-order valence-electron chi connectivity index (χ4n) is 1.88. The molecule has 1 aliphatic rings. The first-order valence-corrected chi connectivity index (χ1v) is 6.45. The highest BCUT2D eigenvalue weighted by molar-refractivity contribution is 5.78. The van der Waals surface area contributed by atoms with Crippen LogP contribution in [0.25, 0.3) is 0 Å². The minimum absolute atomic E-state index is 0.00475. The first-order chi connectivity index (χ1) is 9.28. The fraction of sp³-hybridized carbons (Fsp3) is 0.429. The van der Waals surface area contributed by atoms with E-state index < -0.39 is 0 Å². The van der Waals surface area contributed by atoms with Gasteiger partial charge < -0.3 is 10.1 Å². The number of hydrazone groups is 1. The summed E-state index contributed by atoms with van der Waals surface area (Å²) in [4.78, 5) is 11.8. The second-order valence-electron chi connectivity index (χ2n) is 4.45. The van der Waals surface area contributed by atoms with Crippen molar-refractivity contribution in [3.8, 4) is 5.75 Å². The highest BCUT2D eigenvalue weighted by Gasteiger charge is 2.09. The van der Waals surface area contributed by atoms with Gasteiger partial charge in [-0.05, 0) is 30.5 Å². The molecule has 1 aromatic rings. The standard InChI is InChI=1S/C14H19N3O2/c1-19-13-6-4-12(5-7-13)10-15-14(18)11-17-9-3-2-8-16-17/h4-8H,2-3,9-11H2,1H3,(H,15,18). The maximum atomic E-state index is 11.8. The van der Waals surface area contributed by atoms with Gasteiger partial charge in [0.15, 0.2) is 0 Å². The molecule has 19 heavy (non-hydrogen) atoms. The van der Waals surface area contributed by atoms with Crippen LogP contribution in [0.5, 0.6) is 5.75 Å². The minimum Gasteiger partial charge on any atom is -0.497 e. The summed E-state index contributed by atoms with van der Waals surface area (Å²) in [6, 6.07) is 7.66. The second-order valence-corrected chi connectivity index (χ2v) is 4.45. The van der Waals surface area contributed by atoms with Crippen LogP contribution in [-0.2, 0) is 11.3 Å². The Morgan fingerprint density at radius 2 is 2.21 bits per heavy atom. The van der Waals surface area contributed by atoms with Crippen LogP contribution < -0.4 is 10.1 Å². The van der Waals surface area contributed by atoms with E-state index in [1.807, 2.05) is 30.5 Å². The highest BCUT2D eigenvalue weighted by atomic mass is 16.5. The predicted octanol–water partition coefficient (Wildman–Crippen LogP) is 1.39. The molecule has 1 heterocycles. The zero-order valence-electron chi connectivity index (χ0n) is 11.1. The van der Waals surface area contributed by atoms with Crippen molar-refractivity contribution in [1.82, 2.24) is 10.3 Å². The Kier molecular flexibility index (Phi) is 4.78. The van der Waals surface area contributed by atoms with Crippen LogP contribution >= 0.6 is 0 Å². The molecule has 0 aromatic heterocycles. The number of carbonyl (C=O) groups excluding carboxylic acids is 1. The lowest BCUT2D eigenvalue weighted by Gasteiger charge is -2.21. The van der Waals surface area contributed by atoms with Gasteiger partial charge in [-0.2, -0.15) is 5.10 Å². The number of nitrogens with one attached hydrogen (secondary N) is 1. The molecule has 102 valence electrons. The van der Waals surface area contributed by atoms with Gasteiger partial charge in [0.2, 0.25) is 5.91 Å². The van der Waals surface area contributed by atoms with E-state index in [0.29, 0.717) is 13.1 Å². The molecule has 0 aliphatic carbocycles. The molecule has 1 aromatic carbocycles. The molecule has 5 heteroatoms.